The van der Waals surface area contributed by atoms with Gasteiger partial charge in [0.25, 0.3) is 0 Å². The zero-order chi connectivity index (χ0) is 19.0. The van der Waals surface area contributed by atoms with Gasteiger partial charge >= 0.3 is 0 Å². The third-order valence-electron chi connectivity index (χ3n) is 5.10. The summed E-state index contributed by atoms with van der Waals surface area (Å²) in [5.74, 6) is -1.38. The van der Waals surface area contributed by atoms with Crippen LogP contribution in [0.15, 0.2) is 48.5 Å². The van der Waals surface area contributed by atoms with Crippen LogP contribution in [0.25, 0.3) is 11.3 Å². The highest BCUT2D eigenvalue weighted by Gasteiger charge is 2.26. The number of halogens is 2. The molecule has 1 atom stereocenters. The number of rotatable bonds is 2. The summed E-state index contributed by atoms with van der Waals surface area (Å²) in [6.07, 6.45) is 0.727. The van der Waals surface area contributed by atoms with Crippen LogP contribution in [0.1, 0.15) is 29.0 Å². The van der Waals surface area contributed by atoms with E-state index in [4.69, 9.17) is 5.73 Å². The van der Waals surface area contributed by atoms with Crippen molar-refractivity contribution in [3.63, 3.8) is 0 Å². The van der Waals surface area contributed by atoms with Gasteiger partial charge in [0, 0.05) is 18.0 Å². The molecule has 0 saturated carbocycles. The summed E-state index contributed by atoms with van der Waals surface area (Å²) < 4.78 is 28.3. The summed E-state index contributed by atoms with van der Waals surface area (Å²) in [4.78, 5) is 2.19. The summed E-state index contributed by atoms with van der Waals surface area (Å²) in [5.41, 5.74) is 9.79. The third kappa shape index (κ3) is 3.40. The minimum Gasteiger partial charge on any atom is -0.382 e. The molecule has 4 nitrogen and oxygen atoms in total. The predicted molar refractivity (Wildman–Crippen MR) is 101 cm³/mol. The van der Waals surface area contributed by atoms with Crippen LogP contribution in [0, 0.1) is 11.6 Å². The maximum absolute atomic E-state index is 14.5. The Kier molecular flexibility index (Phi) is 4.58. The van der Waals surface area contributed by atoms with E-state index in [1.807, 2.05) is 25.2 Å². The lowest BCUT2D eigenvalue weighted by Gasteiger charge is -2.19. The van der Waals surface area contributed by atoms with Crippen LogP contribution in [0.4, 0.5) is 14.6 Å². The molecule has 0 spiro atoms. The van der Waals surface area contributed by atoms with Crippen LogP contribution in [0.5, 0.6) is 0 Å². The number of hydrogen-bond donors (Lipinski definition) is 1. The van der Waals surface area contributed by atoms with Gasteiger partial charge in [-0.1, -0.05) is 24.3 Å². The Hall–Kier alpha value is -2.86. The van der Waals surface area contributed by atoms with E-state index in [2.05, 4.69) is 21.2 Å². The molecule has 0 radical (unpaired) electrons. The zero-order valence-corrected chi connectivity index (χ0v) is 15.0. The van der Waals surface area contributed by atoms with Crippen molar-refractivity contribution in [2.24, 2.45) is 0 Å². The molecular weight excluding hydrogens is 346 g/mol. The van der Waals surface area contributed by atoms with E-state index in [0.717, 1.165) is 48.0 Å². The molecule has 1 aromatic heterocycles. The van der Waals surface area contributed by atoms with Crippen LogP contribution < -0.4 is 5.73 Å². The van der Waals surface area contributed by atoms with Gasteiger partial charge in [0.2, 0.25) is 0 Å². The number of hydrogen-bond acceptors (Lipinski definition) is 4. The first-order valence-electron chi connectivity index (χ1n) is 8.88. The normalized spacial score (nSPS) is 17.4. The van der Waals surface area contributed by atoms with Crippen molar-refractivity contribution < 1.29 is 8.78 Å². The number of benzene rings is 2. The fourth-order valence-corrected chi connectivity index (χ4v) is 3.73. The molecule has 4 rings (SSSR count). The Morgan fingerprint density at radius 3 is 2.67 bits per heavy atom. The van der Waals surface area contributed by atoms with Crippen LogP contribution in [-0.2, 0) is 6.54 Å². The van der Waals surface area contributed by atoms with Crippen molar-refractivity contribution in [1.82, 2.24) is 15.1 Å². The Labute approximate surface area is 156 Å². The number of nitrogen functional groups attached to an aromatic ring is 1. The molecule has 0 amide bonds. The summed E-state index contributed by atoms with van der Waals surface area (Å²) in [5, 5.41) is 8.06. The van der Waals surface area contributed by atoms with E-state index in [1.54, 1.807) is 18.2 Å². The van der Waals surface area contributed by atoms with Crippen molar-refractivity contribution in [3.05, 3.63) is 76.9 Å². The molecule has 1 aliphatic rings. The summed E-state index contributed by atoms with van der Waals surface area (Å²) in [7, 11) is 2.03. The number of nitrogens with zero attached hydrogens (tertiary/aromatic N) is 3. The second kappa shape index (κ2) is 7.04. The quantitative estimate of drug-likeness (QED) is 0.746. The molecule has 1 unspecified atom stereocenters. The van der Waals surface area contributed by atoms with E-state index in [1.165, 1.54) is 0 Å². The molecule has 6 heteroatoms. The van der Waals surface area contributed by atoms with E-state index in [-0.39, 0.29) is 5.92 Å². The van der Waals surface area contributed by atoms with Crippen molar-refractivity contribution in [3.8, 4) is 11.3 Å². The first-order valence-corrected chi connectivity index (χ1v) is 8.88. The Balaban J connectivity index is 1.80. The third-order valence-corrected chi connectivity index (χ3v) is 5.10. The van der Waals surface area contributed by atoms with Crippen molar-refractivity contribution in [1.29, 1.82) is 0 Å². The molecule has 2 aromatic carbocycles. The van der Waals surface area contributed by atoms with Gasteiger partial charge in [-0.2, -0.15) is 0 Å². The Bertz CT molecular complexity index is 972. The van der Waals surface area contributed by atoms with Gasteiger partial charge in [0.1, 0.15) is 5.82 Å². The lowest BCUT2D eigenvalue weighted by Crippen LogP contribution is -2.17. The first-order chi connectivity index (χ1) is 13.0. The molecule has 0 aliphatic carbocycles. The van der Waals surface area contributed by atoms with E-state index in [0.29, 0.717) is 11.4 Å². The summed E-state index contributed by atoms with van der Waals surface area (Å²) >= 11 is 0. The van der Waals surface area contributed by atoms with E-state index < -0.39 is 11.6 Å². The first kappa shape index (κ1) is 17.5. The lowest BCUT2D eigenvalue weighted by molar-refractivity contribution is 0.327. The number of nitrogens with two attached hydrogens (primary N) is 1. The minimum absolute atomic E-state index is 0.188. The monoisotopic (exact) mass is 366 g/mol. The van der Waals surface area contributed by atoms with Gasteiger partial charge in [-0.3, -0.25) is 0 Å². The zero-order valence-electron chi connectivity index (χ0n) is 15.0. The molecule has 1 aliphatic heterocycles. The highest BCUT2D eigenvalue weighted by atomic mass is 19.2. The van der Waals surface area contributed by atoms with E-state index in [9.17, 15) is 8.78 Å². The van der Waals surface area contributed by atoms with Crippen LogP contribution in [-0.4, -0.2) is 28.7 Å². The van der Waals surface area contributed by atoms with Crippen LogP contribution >= 0.6 is 0 Å². The molecule has 2 heterocycles. The van der Waals surface area contributed by atoms with Gasteiger partial charge in [-0.25, -0.2) is 8.78 Å². The smallest absolute Gasteiger partial charge is 0.162 e. The van der Waals surface area contributed by atoms with Crippen LogP contribution in [0.2, 0.25) is 0 Å². The molecule has 0 saturated heterocycles. The van der Waals surface area contributed by atoms with Crippen molar-refractivity contribution in [2.75, 3.05) is 19.3 Å². The second-order valence-corrected chi connectivity index (χ2v) is 6.98. The largest absolute Gasteiger partial charge is 0.382 e. The molecular formula is C21H20F2N4. The maximum atomic E-state index is 14.5. The fourth-order valence-electron chi connectivity index (χ4n) is 3.73. The maximum Gasteiger partial charge on any atom is 0.162 e. The van der Waals surface area contributed by atoms with E-state index >= 15 is 0 Å². The number of aromatic nitrogens is 2. The minimum atomic E-state index is -0.805. The summed E-state index contributed by atoms with van der Waals surface area (Å²) in [6, 6.07) is 14.0. The van der Waals surface area contributed by atoms with Gasteiger partial charge < -0.3 is 10.6 Å². The van der Waals surface area contributed by atoms with Gasteiger partial charge in [0.05, 0.1) is 5.69 Å². The van der Waals surface area contributed by atoms with Gasteiger partial charge in [-0.05, 0) is 61.0 Å². The van der Waals surface area contributed by atoms with Gasteiger partial charge in [0.15, 0.2) is 11.6 Å². The average molecular weight is 366 g/mol. The molecule has 0 bridgehead atoms. The average Bonchev–Trinajstić information content (AvgIpc) is 2.82. The molecule has 2 N–H and O–H groups in total. The Morgan fingerprint density at radius 2 is 1.89 bits per heavy atom. The standard InChI is InChI=1S/C21H20F2N4/c1-27-10-9-16(17-3-2-4-18(22)21(17)23)15-6-5-13(11-14(15)12-27)19-7-8-20(24)26-25-19/h2-8,11,16H,9-10,12H2,1H3,(H2,24,26). The molecule has 27 heavy (non-hydrogen) atoms. The number of fused-ring (bicyclic) bond motifs is 1. The van der Waals surface area contributed by atoms with Crippen molar-refractivity contribution in [2.45, 2.75) is 18.9 Å². The number of anilines is 1. The second-order valence-electron chi connectivity index (χ2n) is 6.98. The SMILES string of the molecule is CN1CCC(c2cccc(F)c2F)c2ccc(-c3ccc(N)nn3)cc2C1. The summed E-state index contributed by atoms with van der Waals surface area (Å²) in [6.45, 7) is 1.53. The van der Waals surface area contributed by atoms with Crippen molar-refractivity contribution >= 4 is 5.82 Å². The Morgan fingerprint density at radius 1 is 1.04 bits per heavy atom. The predicted octanol–water partition coefficient (Wildman–Crippen LogP) is 3.97. The van der Waals surface area contributed by atoms with Gasteiger partial charge in [-0.15, -0.1) is 10.2 Å². The topological polar surface area (TPSA) is 55.0 Å². The van der Waals surface area contributed by atoms with Crippen LogP contribution in [0.3, 0.4) is 0 Å². The molecule has 0 fully saturated rings. The molecule has 3 aromatic rings. The fraction of sp³-hybridized carbons (Fsp3) is 0.238. The highest BCUT2D eigenvalue weighted by molar-refractivity contribution is 5.62. The molecule has 138 valence electrons. The highest BCUT2D eigenvalue weighted by Crippen LogP contribution is 2.37. The lowest BCUT2D eigenvalue weighted by atomic mass is 9.85.